The lowest BCUT2D eigenvalue weighted by molar-refractivity contribution is -0.210. The summed E-state index contributed by atoms with van der Waals surface area (Å²) in [6.45, 7) is 9.43. The van der Waals surface area contributed by atoms with E-state index >= 15 is 0 Å². The van der Waals surface area contributed by atoms with Gasteiger partial charge >= 0.3 is 5.97 Å². The first-order valence-corrected chi connectivity index (χ1v) is 7.35. The van der Waals surface area contributed by atoms with Crippen LogP contribution in [-0.4, -0.2) is 25.2 Å². The topological polar surface area (TPSA) is 44.8 Å². The van der Waals surface area contributed by atoms with Crippen LogP contribution in [0, 0.1) is 3.57 Å². The minimum Gasteiger partial charge on any atom is -0.432 e. The highest BCUT2D eigenvalue weighted by molar-refractivity contribution is 14.1. The molecule has 4 nitrogen and oxygen atoms in total. The molecular weight excluding hydrogens is 371 g/mol. The third kappa shape index (κ3) is 6.02. The SMILES string of the molecule is C=C(C)COC(C)OC(C)OC(=O)c1ccccc1I. The first kappa shape index (κ1) is 17.1. The fraction of sp³-hybridized carbons (Fsp3) is 0.400. The van der Waals surface area contributed by atoms with Crippen LogP contribution >= 0.6 is 22.6 Å². The standard InChI is InChI=1S/C15H19IO4/c1-10(2)9-18-11(3)19-12(4)20-15(17)13-7-5-6-8-14(13)16/h5-8,11-12H,1,9H2,2-4H3. The highest BCUT2D eigenvalue weighted by atomic mass is 127. The number of hydrogen-bond donors (Lipinski definition) is 0. The molecule has 0 aliphatic rings. The summed E-state index contributed by atoms with van der Waals surface area (Å²) in [7, 11) is 0. The van der Waals surface area contributed by atoms with Gasteiger partial charge in [0, 0.05) is 3.57 Å². The second-order valence-corrected chi connectivity index (χ2v) is 5.59. The van der Waals surface area contributed by atoms with Crippen LogP contribution in [0.25, 0.3) is 0 Å². The van der Waals surface area contributed by atoms with Gasteiger partial charge in [-0.05, 0) is 55.5 Å². The average Bonchev–Trinajstić information content (AvgIpc) is 2.36. The second-order valence-electron chi connectivity index (χ2n) is 4.42. The van der Waals surface area contributed by atoms with Crippen LogP contribution in [0.1, 0.15) is 31.1 Å². The van der Waals surface area contributed by atoms with Gasteiger partial charge < -0.3 is 14.2 Å². The molecule has 0 fully saturated rings. The van der Waals surface area contributed by atoms with Crippen molar-refractivity contribution in [1.82, 2.24) is 0 Å². The zero-order valence-corrected chi connectivity index (χ0v) is 14.0. The van der Waals surface area contributed by atoms with Gasteiger partial charge in [-0.15, -0.1) is 0 Å². The van der Waals surface area contributed by atoms with Crippen molar-refractivity contribution in [3.05, 3.63) is 45.6 Å². The van der Waals surface area contributed by atoms with E-state index in [9.17, 15) is 4.79 Å². The molecule has 20 heavy (non-hydrogen) atoms. The third-order valence-electron chi connectivity index (χ3n) is 2.31. The predicted molar refractivity (Wildman–Crippen MR) is 85.3 cm³/mol. The van der Waals surface area contributed by atoms with E-state index < -0.39 is 18.5 Å². The van der Waals surface area contributed by atoms with Gasteiger partial charge in [-0.1, -0.05) is 24.3 Å². The zero-order valence-electron chi connectivity index (χ0n) is 11.9. The minimum absolute atomic E-state index is 0.408. The van der Waals surface area contributed by atoms with Gasteiger partial charge in [-0.2, -0.15) is 0 Å². The largest absolute Gasteiger partial charge is 0.432 e. The summed E-state index contributed by atoms with van der Waals surface area (Å²) < 4.78 is 16.9. The molecule has 0 radical (unpaired) electrons. The Labute approximate surface area is 133 Å². The number of ether oxygens (including phenoxy) is 3. The van der Waals surface area contributed by atoms with Crippen molar-refractivity contribution in [2.45, 2.75) is 33.4 Å². The molecule has 1 aromatic carbocycles. The van der Waals surface area contributed by atoms with Gasteiger partial charge in [-0.25, -0.2) is 4.79 Å². The van der Waals surface area contributed by atoms with E-state index in [0.29, 0.717) is 12.2 Å². The summed E-state index contributed by atoms with van der Waals surface area (Å²) >= 11 is 2.09. The van der Waals surface area contributed by atoms with E-state index in [1.165, 1.54) is 0 Å². The highest BCUT2D eigenvalue weighted by Gasteiger charge is 2.16. The molecule has 0 saturated carbocycles. The number of esters is 1. The minimum atomic E-state index is -0.682. The van der Waals surface area contributed by atoms with Crippen LogP contribution in [0.3, 0.4) is 0 Å². The molecule has 0 aliphatic carbocycles. The number of carbonyl (C=O) groups excluding carboxylic acids is 1. The van der Waals surface area contributed by atoms with Gasteiger partial charge in [0.05, 0.1) is 12.2 Å². The monoisotopic (exact) mass is 390 g/mol. The number of rotatable bonds is 7. The number of halogens is 1. The predicted octanol–water partition coefficient (Wildman–Crippen LogP) is 3.75. The maximum Gasteiger partial charge on any atom is 0.341 e. The molecule has 0 N–H and O–H groups in total. The first-order chi connectivity index (χ1) is 9.40. The summed E-state index contributed by atoms with van der Waals surface area (Å²) in [6.07, 6.45) is -1.15. The lowest BCUT2D eigenvalue weighted by Crippen LogP contribution is -2.25. The maximum atomic E-state index is 12.0. The van der Waals surface area contributed by atoms with E-state index in [1.807, 2.05) is 19.1 Å². The summed E-state index contributed by atoms with van der Waals surface area (Å²) in [5.74, 6) is -0.408. The molecule has 0 amide bonds. The molecule has 0 saturated heterocycles. The Morgan fingerprint density at radius 3 is 2.55 bits per heavy atom. The smallest absolute Gasteiger partial charge is 0.341 e. The van der Waals surface area contributed by atoms with Crippen molar-refractivity contribution in [2.75, 3.05) is 6.61 Å². The summed E-state index contributed by atoms with van der Waals surface area (Å²) in [4.78, 5) is 12.0. The van der Waals surface area contributed by atoms with Gasteiger partial charge in [0.1, 0.15) is 0 Å². The average molecular weight is 390 g/mol. The molecule has 5 heteroatoms. The van der Waals surface area contributed by atoms with Gasteiger partial charge in [0.2, 0.25) is 6.29 Å². The summed E-state index contributed by atoms with van der Waals surface area (Å²) in [5, 5.41) is 0. The molecule has 110 valence electrons. The zero-order chi connectivity index (χ0) is 15.1. The second kappa shape index (κ2) is 8.39. The number of benzene rings is 1. The molecular formula is C15H19IO4. The Morgan fingerprint density at radius 1 is 1.30 bits per heavy atom. The Morgan fingerprint density at radius 2 is 1.95 bits per heavy atom. The van der Waals surface area contributed by atoms with Crippen LogP contribution in [-0.2, 0) is 14.2 Å². The molecule has 2 atom stereocenters. The molecule has 1 rings (SSSR count). The van der Waals surface area contributed by atoms with Gasteiger partial charge in [0.25, 0.3) is 0 Å². The molecule has 0 aliphatic heterocycles. The third-order valence-corrected chi connectivity index (χ3v) is 3.26. The van der Waals surface area contributed by atoms with E-state index in [1.54, 1.807) is 26.0 Å². The fourth-order valence-corrected chi connectivity index (χ4v) is 2.05. The molecule has 0 spiro atoms. The van der Waals surface area contributed by atoms with E-state index in [-0.39, 0.29) is 0 Å². The Hall–Kier alpha value is -0.920. The lowest BCUT2D eigenvalue weighted by atomic mass is 10.2. The molecule has 0 heterocycles. The normalized spacial score (nSPS) is 13.6. The van der Waals surface area contributed by atoms with Crippen molar-refractivity contribution >= 4 is 28.6 Å². The van der Waals surface area contributed by atoms with Crippen molar-refractivity contribution < 1.29 is 19.0 Å². The highest BCUT2D eigenvalue weighted by Crippen LogP contribution is 2.14. The van der Waals surface area contributed by atoms with E-state index in [4.69, 9.17) is 14.2 Å². The van der Waals surface area contributed by atoms with E-state index in [0.717, 1.165) is 9.14 Å². The van der Waals surface area contributed by atoms with Crippen LogP contribution < -0.4 is 0 Å². The Balaban J connectivity index is 2.46. The molecule has 0 bridgehead atoms. The Bertz CT molecular complexity index is 473. The fourth-order valence-electron chi connectivity index (χ4n) is 1.44. The van der Waals surface area contributed by atoms with Crippen LogP contribution in [0.5, 0.6) is 0 Å². The van der Waals surface area contributed by atoms with Crippen molar-refractivity contribution in [3.63, 3.8) is 0 Å². The van der Waals surface area contributed by atoms with Crippen LogP contribution in [0.2, 0.25) is 0 Å². The van der Waals surface area contributed by atoms with E-state index in [2.05, 4.69) is 29.2 Å². The van der Waals surface area contributed by atoms with Crippen LogP contribution in [0.15, 0.2) is 36.4 Å². The molecule has 2 unspecified atom stereocenters. The quantitative estimate of drug-likeness (QED) is 0.308. The number of carbonyl (C=O) groups is 1. The number of hydrogen-bond acceptors (Lipinski definition) is 4. The molecule has 1 aromatic rings. The van der Waals surface area contributed by atoms with Gasteiger partial charge in [-0.3, -0.25) is 0 Å². The van der Waals surface area contributed by atoms with Crippen LogP contribution in [0.4, 0.5) is 0 Å². The van der Waals surface area contributed by atoms with Crippen molar-refractivity contribution in [3.8, 4) is 0 Å². The first-order valence-electron chi connectivity index (χ1n) is 6.27. The maximum absolute atomic E-state index is 12.0. The lowest BCUT2D eigenvalue weighted by Gasteiger charge is -2.20. The van der Waals surface area contributed by atoms with Crippen molar-refractivity contribution in [2.24, 2.45) is 0 Å². The summed E-state index contributed by atoms with van der Waals surface area (Å²) in [6, 6.07) is 7.23. The van der Waals surface area contributed by atoms with Crippen molar-refractivity contribution in [1.29, 1.82) is 0 Å². The van der Waals surface area contributed by atoms with Gasteiger partial charge in [0.15, 0.2) is 6.29 Å². The molecule has 0 aromatic heterocycles. The summed E-state index contributed by atoms with van der Waals surface area (Å²) in [5.41, 5.74) is 1.43. The Kier molecular flexibility index (Phi) is 7.18.